The fourth-order valence-corrected chi connectivity index (χ4v) is 2.63. The van der Waals surface area contributed by atoms with Gasteiger partial charge in [0.05, 0.1) is 0 Å². The Morgan fingerprint density at radius 2 is 1.55 bits per heavy atom. The lowest BCUT2D eigenvalue weighted by molar-refractivity contribution is 0.591. The van der Waals surface area contributed by atoms with E-state index < -0.39 is 0 Å². The van der Waals surface area contributed by atoms with E-state index in [4.69, 9.17) is 0 Å². The van der Waals surface area contributed by atoms with Gasteiger partial charge in [-0.05, 0) is 47.7 Å². The fraction of sp³-hybridized carbons (Fsp3) is 0.263. The zero-order valence-corrected chi connectivity index (χ0v) is 12.7. The fourth-order valence-electron chi connectivity index (χ4n) is 2.63. The first-order valence-corrected chi connectivity index (χ1v) is 7.08. The first-order valence-electron chi connectivity index (χ1n) is 7.08. The van der Waals surface area contributed by atoms with Crippen LogP contribution >= 0.6 is 0 Å². The quantitative estimate of drug-likeness (QED) is 0.583. The zero-order valence-electron chi connectivity index (χ0n) is 12.7. The van der Waals surface area contributed by atoms with Gasteiger partial charge in [0.15, 0.2) is 0 Å². The lowest BCUT2D eigenvalue weighted by Gasteiger charge is -2.18. The molecule has 1 N–H and O–H groups in total. The molecule has 102 valence electrons. The summed E-state index contributed by atoms with van der Waals surface area (Å²) in [6.07, 6.45) is 0. The highest BCUT2D eigenvalue weighted by molar-refractivity contribution is 6.08. The summed E-state index contributed by atoms with van der Waals surface area (Å²) in [7, 11) is 0. The molecule has 3 rings (SSSR count). The molecule has 0 spiro atoms. The second-order valence-electron chi connectivity index (χ2n) is 6.68. The van der Waals surface area contributed by atoms with Crippen LogP contribution in [-0.4, -0.2) is 4.98 Å². The van der Waals surface area contributed by atoms with Crippen molar-refractivity contribution in [1.29, 1.82) is 0 Å². The molecule has 0 saturated heterocycles. The largest absolute Gasteiger partial charge is 0.355 e. The molecule has 0 aliphatic carbocycles. The van der Waals surface area contributed by atoms with Gasteiger partial charge in [0.2, 0.25) is 0 Å². The smallest absolute Gasteiger partial charge is 0.0465 e. The van der Waals surface area contributed by atoms with E-state index in [0.717, 1.165) is 5.57 Å². The van der Waals surface area contributed by atoms with E-state index in [1.165, 1.54) is 32.9 Å². The Morgan fingerprint density at radius 3 is 2.15 bits per heavy atom. The number of aromatic nitrogens is 1. The van der Waals surface area contributed by atoms with Crippen LogP contribution in [0.1, 0.15) is 38.8 Å². The highest BCUT2D eigenvalue weighted by Gasteiger charge is 2.15. The molecule has 0 radical (unpaired) electrons. The monoisotopic (exact) mass is 263 g/mol. The van der Waals surface area contributed by atoms with Gasteiger partial charge < -0.3 is 4.98 Å². The van der Waals surface area contributed by atoms with Crippen LogP contribution in [0.25, 0.3) is 27.4 Å². The number of H-pyrrole nitrogens is 1. The van der Waals surface area contributed by atoms with E-state index in [-0.39, 0.29) is 5.41 Å². The highest BCUT2D eigenvalue weighted by Crippen LogP contribution is 2.32. The molecule has 20 heavy (non-hydrogen) atoms. The predicted molar refractivity (Wildman–Crippen MR) is 89.2 cm³/mol. The standard InChI is InChI=1S/C19H21N/c1-12(2)13-6-8-17-15(10-13)16-11-14(19(3,4)5)7-9-18(16)20-17/h6-11,20H,1H2,2-5H3. The third kappa shape index (κ3) is 2.03. The van der Waals surface area contributed by atoms with Crippen molar-refractivity contribution in [2.75, 3.05) is 0 Å². The summed E-state index contributed by atoms with van der Waals surface area (Å²) in [5.74, 6) is 0. The van der Waals surface area contributed by atoms with E-state index in [0.29, 0.717) is 0 Å². The first kappa shape index (κ1) is 13.0. The molecule has 1 aromatic heterocycles. The molecule has 1 heterocycles. The summed E-state index contributed by atoms with van der Waals surface area (Å²) >= 11 is 0. The summed E-state index contributed by atoms with van der Waals surface area (Å²) in [6.45, 7) is 12.9. The van der Waals surface area contributed by atoms with Crippen molar-refractivity contribution in [3.63, 3.8) is 0 Å². The summed E-state index contributed by atoms with van der Waals surface area (Å²) < 4.78 is 0. The van der Waals surface area contributed by atoms with Crippen molar-refractivity contribution in [3.05, 3.63) is 54.1 Å². The maximum absolute atomic E-state index is 4.04. The molecule has 3 aromatic rings. The Balaban J connectivity index is 2.34. The second-order valence-corrected chi connectivity index (χ2v) is 6.68. The van der Waals surface area contributed by atoms with Gasteiger partial charge in [-0.3, -0.25) is 0 Å². The van der Waals surface area contributed by atoms with Crippen molar-refractivity contribution in [3.8, 4) is 0 Å². The number of benzene rings is 2. The molecule has 0 fully saturated rings. The van der Waals surface area contributed by atoms with Gasteiger partial charge in [0, 0.05) is 21.8 Å². The van der Waals surface area contributed by atoms with Crippen molar-refractivity contribution in [2.24, 2.45) is 0 Å². The van der Waals surface area contributed by atoms with Crippen LogP contribution in [0.15, 0.2) is 43.0 Å². The number of hydrogen-bond acceptors (Lipinski definition) is 0. The first-order chi connectivity index (χ1) is 9.36. The molecule has 0 aliphatic rings. The minimum atomic E-state index is 0.170. The summed E-state index contributed by atoms with van der Waals surface area (Å²) in [5, 5.41) is 2.59. The molecule has 0 unspecified atom stereocenters. The molecular weight excluding hydrogens is 242 g/mol. The Bertz CT molecular complexity index is 813. The van der Waals surface area contributed by atoms with Gasteiger partial charge in [-0.2, -0.15) is 0 Å². The van der Waals surface area contributed by atoms with Gasteiger partial charge in [-0.1, -0.05) is 45.1 Å². The average Bonchev–Trinajstić information content (AvgIpc) is 2.74. The Morgan fingerprint density at radius 1 is 0.950 bits per heavy atom. The lowest BCUT2D eigenvalue weighted by atomic mass is 9.86. The number of aromatic amines is 1. The molecule has 0 aliphatic heterocycles. The molecule has 0 bridgehead atoms. The van der Waals surface area contributed by atoms with Crippen molar-refractivity contribution in [2.45, 2.75) is 33.1 Å². The van der Waals surface area contributed by atoms with Gasteiger partial charge in [0.25, 0.3) is 0 Å². The molecule has 1 nitrogen and oxygen atoms in total. The second kappa shape index (κ2) is 4.24. The van der Waals surface area contributed by atoms with E-state index in [2.05, 4.69) is 75.7 Å². The number of rotatable bonds is 1. The Kier molecular flexibility index (Phi) is 2.75. The lowest BCUT2D eigenvalue weighted by Crippen LogP contribution is -2.10. The number of allylic oxidation sites excluding steroid dienone is 1. The van der Waals surface area contributed by atoms with Crippen molar-refractivity contribution < 1.29 is 0 Å². The van der Waals surface area contributed by atoms with Gasteiger partial charge in [0.1, 0.15) is 0 Å². The van der Waals surface area contributed by atoms with E-state index in [1.54, 1.807) is 0 Å². The van der Waals surface area contributed by atoms with E-state index in [1.807, 2.05) is 0 Å². The van der Waals surface area contributed by atoms with Crippen LogP contribution in [0.5, 0.6) is 0 Å². The number of nitrogens with one attached hydrogen (secondary N) is 1. The maximum atomic E-state index is 4.04. The normalized spacial score (nSPS) is 12.2. The van der Waals surface area contributed by atoms with Crippen LogP contribution in [0, 0.1) is 0 Å². The molecule has 0 amide bonds. The van der Waals surface area contributed by atoms with Gasteiger partial charge in [-0.15, -0.1) is 0 Å². The third-order valence-electron chi connectivity index (χ3n) is 3.96. The van der Waals surface area contributed by atoms with Crippen molar-refractivity contribution in [1.82, 2.24) is 4.98 Å². The minimum Gasteiger partial charge on any atom is -0.355 e. The maximum Gasteiger partial charge on any atom is 0.0465 e. The Labute approximate surface area is 120 Å². The Hall–Kier alpha value is -2.02. The predicted octanol–water partition coefficient (Wildman–Crippen LogP) is 5.65. The average molecular weight is 263 g/mol. The third-order valence-corrected chi connectivity index (χ3v) is 3.96. The summed E-state index contributed by atoms with van der Waals surface area (Å²) in [4.78, 5) is 3.49. The van der Waals surface area contributed by atoms with Crippen LogP contribution in [0.3, 0.4) is 0 Å². The summed E-state index contributed by atoms with van der Waals surface area (Å²) in [5.41, 5.74) is 6.24. The van der Waals surface area contributed by atoms with Gasteiger partial charge in [-0.25, -0.2) is 0 Å². The van der Waals surface area contributed by atoms with E-state index in [9.17, 15) is 0 Å². The summed E-state index contributed by atoms with van der Waals surface area (Å²) in [6, 6.07) is 13.2. The molecular formula is C19H21N. The molecule has 1 heteroatoms. The zero-order chi connectivity index (χ0) is 14.5. The topological polar surface area (TPSA) is 15.8 Å². The van der Waals surface area contributed by atoms with Crippen LogP contribution in [0.2, 0.25) is 0 Å². The molecule has 0 atom stereocenters. The highest BCUT2D eigenvalue weighted by atomic mass is 14.7. The number of hydrogen-bond donors (Lipinski definition) is 1. The van der Waals surface area contributed by atoms with E-state index >= 15 is 0 Å². The SMILES string of the molecule is C=C(C)c1ccc2[nH]c3ccc(C(C)(C)C)cc3c2c1. The van der Waals surface area contributed by atoms with Crippen LogP contribution < -0.4 is 0 Å². The minimum absolute atomic E-state index is 0.170. The van der Waals surface area contributed by atoms with Gasteiger partial charge >= 0.3 is 0 Å². The number of fused-ring (bicyclic) bond motifs is 3. The van der Waals surface area contributed by atoms with Crippen LogP contribution in [0.4, 0.5) is 0 Å². The van der Waals surface area contributed by atoms with Crippen LogP contribution in [-0.2, 0) is 5.41 Å². The molecule has 0 saturated carbocycles. The van der Waals surface area contributed by atoms with Crippen molar-refractivity contribution >= 4 is 27.4 Å². The molecule has 2 aromatic carbocycles.